The van der Waals surface area contributed by atoms with Gasteiger partial charge in [0.05, 0.1) is 12.2 Å². The van der Waals surface area contributed by atoms with E-state index in [2.05, 4.69) is 10.3 Å². The first-order valence-electron chi connectivity index (χ1n) is 9.38. The summed E-state index contributed by atoms with van der Waals surface area (Å²) in [5, 5.41) is 2.75. The molecule has 9 heteroatoms. The highest BCUT2D eigenvalue weighted by Crippen LogP contribution is 2.38. The molecule has 1 fully saturated rings. The molecule has 1 saturated heterocycles. The second-order valence-corrected chi connectivity index (χ2v) is 7.53. The molecule has 0 bridgehead atoms. The molecule has 1 N–H and O–H groups in total. The molecule has 30 heavy (non-hydrogen) atoms. The van der Waals surface area contributed by atoms with Crippen LogP contribution in [0.15, 0.2) is 47.4 Å². The van der Waals surface area contributed by atoms with Crippen LogP contribution >= 0.6 is 0 Å². The lowest BCUT2D eigenvalue weighted by Gasteiger charge is -2.22. The van der Waals surface area contributed by atoms with E-state index in [1.54, 1.807) is 37.4 Å². The Balaban J connectivity index is 1.47. The second kappa shape index (κ2) is 6.31. The Hall–Kier alpha value is -3.88. The standard InChI is InChI=1S/C21H18N4O5/c1-12-3-6-17-22-14(8-18(26)24(17)9-12)10-25-19(27)21(2,23-20(25)28)13-4-5-15-16(7-13)30-11-29-15/h3-9H,10-11H2,1-2H3,(H,23,28)/t21-/m1/s1. The molecule has 0 spiro atoms. The van der Waals surface area contributed by atoms with Gasteiger partial charge in [0.1, 0.15) is 11.2 Å². The number of imide groups is 1. The first-order valence-corrected chi connectivity index (χ1v) is 9.38. The van der Waals surface area contributed by atoms with Crippen LogP contribution in [0.1, 0.15) is 23.7 Å². The molecule has 0 aliphatic carbocycles. The number of benzene rings is 1. The van der Waals surface area contributed by atoms with Crippen LogP contribution in [0.3, 0.4) is 0 Å². The van der Waals surface area contributed by atoms with Gasteiger partial charge in [0, 0.05) is 12.3 Å². The van der Waals surface area contributed by atoms with E-state index < -0.39 is 17.5 Å². The minimum absolute atomic E-state index is 0.107. The van der Waals surface area contributed by atoms with Gasteiger partial charge in [-0.05, 0) is 43.2 Å². The largest absolute Gasteiger partial charge is 0.454 e. The maximum atomic E-state index is 13.2. The summed E-state index contributed by atoms with van der Waals surface area (Å²) in [7, 11) is 0. The van der Waals surface area contributed by atoms with Crippen molar-refractivity contribution >= 4 is 17.6 Å². The highest BCUT2D eigenvalue weighted by molar-refractivity contribution is 6.07. The quantitative estimate of drug-likeness (QED) is 0.665. The molecule has 0 unspecified atom stereocenters. The number of hydrogen-bond acceptors (Lipinski definition) is 6. The molecule has 2 aliphatic rings. The van der Waals surface area contributed by atoms with Crippen LogP contribution in [0.5, 0.6) is 11.5 Å². The van der Waals surface area contributed by atoms with Crippen molar-refractivity contribution in [2.45, 2.75) is 25.9 Å². The third kappa shape index (κ3) is 2.70. The summed E-state index contributed by atoms with van der Waals surface area (Å²) in [6.45, 7) is 3.52. The van der Waals surface area contributed by atoms with E-state index in [0.717, 1.165) is 10.5 Å². The van der Waals surface area contributed by atoms with Crippen molar-refractivity contribution in [1.29, 1.82) is 0 Å². The number of rotatable bonds is 3. The van der Waals surface area contributed by atoms with Crippen molar-refractivity contribution in [3.63, 3.8) is 0 Å². The van der Waals surface area contributed by atoms with Crippen molar-refractivity contribution in [2.75, 3.05) is 6.79 Å². The van der Waals surface area contributed by atoms with Crippen LogP contribution in [0.4, 0.5) is 4.79 Å². The number of carbonyl (C=O) groups is 2. The van der Waals surface area contributed by atoms with Crippen LogP contribution in [-0.4, -0.2) is 33.0 Å². The number of urea groups is 1. The summed E-state index contributed by atoms with van der Waals surface area (Å²) in [4.78, 5) is 43.8. The Bertz CT molecular complexity index is 1280. The van der Waals surface area contributed by atoms with Crippen molar-refractivity contribution < 1.29 is 19.1 Å². The number of nitrogens with zero attached hydrogens (tertiary/aromatic N) is 3. The van der Waals surface area contributed by atoms with Gasteiger partial charge in [0.25, 0.3) is 11.5 Å². The van der Waals surface area contributed by atoms with E-state index in [-0.39, 0.29) is 18.9 Å². The topological polar surface area (TPSA) is 102 Å². The lowest BCUT2D eigenvalue weighted by Crippen LogP contribution is -2.40. The molecule has 152 valence electrons. The summed E-state index contributed by atoms with van der Waals surface area (Å²) in [5.41, 5.74) is 0.753. The predicted molar refractivity (Wildman–Crippen MR) is 105 cm³/mol. The molecule has 1 aromatic carbocycles. The van der Waals surface area contributed by atoms with Crippen molar-refractivity contribution in [1.82, 2.24) is 19.6 Å². The summed E-state index contributed by atoms with van der Waals surface area (Å²) >= 11 is 0. The average Bonchev–Trinajstić information content (AvgIpc) is 3.27. The molecule has 3 amide bonds. The van der Waals surface area contributed by atoms with E-state index in [0.29, 0.717) is 28.4 Å². The van der Waals surface area contributed by atoms with Crippen molar-refractivity contribution in [3.8, 4) is 11.5 Å². The van der Waals surface area contributed by atoms with Gasteiger partial charge in [-0.15, -0.1) is 0 Å². The first-order chi connectivity index (χ1) is 14.3. The minimum atomic E-state index is -1.26. The molecule has 9 nitrogen and oxygen atoms in total. The Morgan fingerprint density at radius 1 is 1.10 bits per heavy atom. The van der Waals surface area contributed by atoms with Gasteiger partial charge in [-0.3, -0.25) is 18.9 Å². The summed E-state index contributed by atoms with van der Waals surface area (Å²) in [6, 6.07) is 9.47. The molecule has 3 aromatic rings. The number of carbonyl (C=O) groups excluding carboxylic acids is 2. The van der Waals surface area contributed by atoms with Gasteiger partial charge in [-0.2, -0.15) is 0 Å². The molecule has 5 rings (SSSR count). The number of ether oxygens (including phenoxy) is 2. The van der Waals surface area contributed by atoms with Gasteiger partial charge in [0.15, 0.2) is 11.5 Å². The van der Waals surface area contributed by atoms with Gasteiger partial charge in [-0.1, -0.05) is 12.1 Å². The first kappa shape index (κ1) is 18.2. The fraction of sp³-hybridized carbons (Fsp3) is 0.238. The number of aromatic nitrogens is 2. The van der Waals surface area contributed by atoms with Crippen molar-refractivity contribution in [2.24, 2.45) is 0 Å². The number of amides is 3. The zero-order valence-corrected chi connectivity index (χ0v) is 16.3. The second-order valence-electron chi connectivity index (χ2n) is 7.53. The molecular weight excluding hydrogens is 388 g/mol. The van der Waals surface area contributed by atoms with E-state index in [1.165, 1.54) is 10.5 Å². The van der Waals surface area contributed by atoms with E-state index in [9.17, 15) is 14.4 Å². The lowest BCUT2D eigenvalue weighted by atomic mass is 9.91. The zero-order chi connectivity index (χ0) is 21.0. The SMILES string of the molecule is Cc1ccc2nc(CN3C(=O)N[C@](C)(c4ccc5c(c4)OCO5)C3=O)cc(=O)n2c1. The van der Waals surface area contributed by atoms with Crippen LogP contribution in [-0.2, 0) is 16.9 Å². The number of hydrogen-bond donors (Lipinski definition) is 1. The van der Waals surface area contributed by atoms with Gasteiger partial charge < -0.3 is 14.8 Å². The molecule has 4 heterocycles. The molecule has 2 aliphatic heterocycles. The van der Waals surface area contributed by atoms with Crippen LogP contribution < -0.4 is 20.3 Å². The summed E-state index contributed by atoms with van der Waals surface area (Å²) < 4.78 is 12.1. The predicted octanol–water partition coefficient (Wildman–Crippen LogP) is 1.70. The van der Waals surface area contributed by atoms with Crippen LogP contribution in [0, 0.1) is 6.92 Å². The monoisotopic (exact) mass is 406 g/mol. The molecule has 2 aromatic heterocycles. The highest BCUT2D eigenvalue weighted by Gasteiger charge is 2.49. The third-order valence-electron chi connectivity index (χ3n) is 5.41. The maximum Gasteiger partial charge on any atom is 0.325 e. The number of fused-ring (bicyclic) bond motifs is 2. The van der Waals surface area contributed by atoms with Gasteiger partial charge in [0.2, 0.25) is 6.79 Å². The lowest BCUT2D eigenvalue weighted by molar-refractivity contribution is -0.131. The van der Waals surface area contributed by atoms with Crippen LogP contribution in [0.2, 0.25) is 0 Å². The third-order valence-corrected chi connectivity index (χ3v) is 5.41. The van der Waals surface area contributed by atoms with E-state index >= 15 is 0 Å². The maximum absolute atomic E-state index is 13.2. The smallest absolute Gasteiger partial charge is 0.325 e. The summed E-state index contributed by atoms with van der Waals surface area (Å²) in [6.07, 6.45) is 1.69. The van der Waals surface area contributed by atoms with Crippen molar-refractivity contribution in [3.05, 3.63) is 69.8 Å². The Morgan fingerprint density at radius 2 is 1.90 bits per heavy atom. The Kier molecular flexibility index (Phi) is 3.82. The molecule has 0 radical (unpaired) electrons. The number of nitrogens with one attached hydrogen (secondary N) is 1. The van der Waals surface area contributed by atoms with E-state index in [4.69, 9.17) is 9.47 Å². The number of aryl methyl sites for hydroxylation is 1. The normalized spacial score (nSPS) is 20.1. The highest BCUT2D eigenvalue weighted by atomic mass is 16.7. The minimum Gasteiger partial charge on any atom is -0.454 e. The average molecular weight is 406 g/mol. The molecule has 0 saturated carbocycles. The Labute approximate surface area is 170 Å². The fourth-order valence-electron chi connectivity index (χ4n) is 3.74. The van der Waals surface area contributed by atoms with Crippen LogP contribution in [0.25, 0.3) is 5.65 Å². The Morgan fingerprint density at radius 3 is 2.73 bits per heavy atom. The van der Waals surface area contributed by atoms with Gasteiger partial charge >= 0.3 is 6.03 Å². The van der Waals surface area contributed by atoms with Gasteiger partial charge in [-0.25, -0.2) is 9.78 Å². The van der Waals surface area contributed by atoms with E-state index in [1.807, 2.05) is 13.0 Å². The number of pyridine rings is 1. The fourth-order valence-corrected chi connectivity index (χ4v) is 3.74. The molecular formula is C21H18N4O5. The molecule has 1 atom stereocenters. The zero-order valence-electron chi connectivity index (χ0n) is 16.3. The summed E-state index contributed by atoms with van der Waals surface area (Å²) in [5.74, 6) is 0.679.